The summed E-state index contributed by atoms with van der Waals surface area (Å²) in [6.07, 6.45) is 2.91. The van der Waals surface area contributed by atoms with Gasteiger partial charge in [0.15, 0.2) is 5.82 Å². The summed E-state index contributed by atoms with van der Waals surface area (Å²) in [5.74, 6) is 1.58. The van der Waals surface area contributed by atoms with Crippen molar-refractivity contribution in [1.82, 2.24) is 9.97 Å². The number of aromatic nitrogens is 2. The van der Waals surface area contributed by atoms with Gasteiger partial charge in [-0.2, -0.15) is 0 Å². The zero-order valence-electron chi connectivity index (χ0n) is 10.5. The van der Waals surface area contributed by atoms with Gasteiger partial charge in [-0.25, -0.2) is 9.97 Å². The van der Waals surface area contributed by atoms with E-state index in [9.17, 15) is 0 Å². The van der Waals surface area contributed by atoms with Crippen LogP contribution in [-0.2, 0) is 0 Å². The van der Waals surface area contributed by atoms with Crippen LogP contribution in [0.2, 0.25) is 5.02 Å². The zero-order chi connectivity index (χ0) is 13.8. The molecule has 0 saturated carbocycles. The van der Waals surface area contributed by atoms with Crippen molar-refractivity contribution < 1.29 is 9.47 Å². The minimum absolute atomic E-state index is 0.427. The molecule has 0 aliphatic carbocycles. The van der Waals surface area contributed by atoms with Crippen LogP contribution < -0.4 is 20.5 Å². The van der Waals surface area contributed by atoms with Crippen molar-refractivity contribution in [1.29, 1.82) is 0 Å². The maximum absolute atomic E-state index is 6.08. The van der Waals surface area contributed by atoms with Gasteiger partial charge in [-0.3, -0.25) is 0 Å². The number of methoxy groups -OCH3 is 2. The predicted molar refractivity (Wildman–Crippen MR) is 74.3 cm³/mol. The van der Waals surface area contributed by atoms with Gasteiger partial charge < -0.3 is 20.5 Å². The van der Waals surface area contributed by atoms with Gasteiger partial charge in [0.25, 0.3) is 0 Å². The Morgan fingerprint density at radius 2 is 1.95 bits per heavy atom. The molecule has 3 N–H and O–H groups in total. The Kier molecular flexibility index (Phi) is 3.91. The van der Waals surface area contributed by atoms with Crippen molar-refractivity contribution in [2.24, 2.45) is 0 Å². The molecule has 0 saturated heterocycles. The molecule has 0 fully saturated rings. The van der Waals surface area contributed by atoms with Crippen molar-refractivity contribution in [2.45, 2.75) is 0 Å². The van der Waals surface area contributed by atoms with E-state index in [0.717, 1.165) is 0 Å². The van der Waals surface area contributed by atoms with Crippen molar-refractivity contribution in [3.8, 4) is 11.5 Å². The summed E-state index contributed by atoms with van der Waals surface area (Å²) in [6, 6.07) is 3.36. The van der Waals surface area contributed by atoms with Crippen LogP contribution in [0.3, 0.4) is 0 Å². The van der Waals surface area contributed by atoms with Gasteiger partial charge in [0.2, 0.25) is 0 Å². The third kappa shape index (κ3) is 2.79. The lowest BCUT2D eigenvalue weighted by Gasteiger charge is -2.14. The van der Waals surface area contributed by atoms with Gasteiger partial charge >= 0.3 is 0 Å². The molecule has 0 aliphatic rings. The Labute approximate surface area is 115 Å². The van der Waals surface area contributed by atoms with E-state index in [-0.39, 0.29) is 0 Å². The molecule has 0 spiro atoms. The number of halogens is 1. The zero-order valence-corrected chi connectivity index (χ0v) is 11.2. The van der Waals surface area contributed by atoms with Crippen LogP contribution in [0.1, 0.15) is 0 Å². The number of ether oxygens (including phenoxy) is 2. The molecule has 2 aromatic rings. The van der Waals surface area contributed by atoms with E-state index in [1.165, 1.54) is 19.6 Å². The summed E-state index contributed by atoms with van der Waals surface area (Å²) in [7, 11) is 3.09. The number of rotatable bonds is 4. The van der Waals surface area contributed by atoms with E-state index in [0.29, 0.717) is 33.7 Å². The summed E-state index contributed by atoms with van der Waals surface area (Å²) in [5.41, 5.74) is 6.83. The summed E-state index contributed by atoms with van der Waals surface area (Å²) in [4.78, 5) is 7.86. The molecule has 0 aliphatic heterocycles. The second-order valence-electron chi connectivity index (χ2n) is 3.64. The normalized spacial score (nSPS) is 10.1. The van der Waals surface area contributed by atoms with Crippen molar-refractivity contribution in [3.63, 3.8) is 0 Å². The molecule has 19 heavy (non-hydrogen) atoms. The Morgan fingerprint density at radius 3 is 2.58 bits per heavy atom. The number of nitrogen functional groups attached to an aromatic ring is 1. The highest BCUT2D eigenvalue weighted by atomic mass is 35.5. The number of anilines is 3. The quantitative estimate of drug-likeness (QED) is 0.895. The second kappa shape index (κ2) is 5.62. The lowest BCUT2D eigenvalue weighted by atomic mass is 10.2. The van der Waals surface area contributed by atoms with Gasteiger partial charge in [0.05, 0.1) is 36.8 Å². The third-order valence-corrected chi connectivity index (χ3v) is 2.76. The number of nitrogens with one attached hydrogen (secondary N) is 1. The van der Waals surface area contributed by atoms with E-state index >= 15 is 0 Å². The van der Waals surface area contributed by atoms with Crippen molar-refractivity contribution >= 4 is 28.8 Å². The molecule has 6 nitrogen and oxygen atoms in total. The molecule has 0 bridgehead atoms. The van der Waals surface area contributed by atoms with Crippen LogP contribution in [0.5, 0.6) is 11.5 Å². The van der Waals surface area contributed by atoms with Crippen LogP contribution in [0.25, 0.3) is 0 Å². The average molecular weight is 281 g/mol. The van der Waals surface area contributed by atoms with E-state index in [1.807, 2.05) is 0 Å². The Hall–Kier alpha value is -2.21. The van der Waals surface area contributed by atoms with Crippen LogP contribution in [0.15, 0.2) is 24.7 Å². The minimum atomic E-state index is 0.427. The summed E-state index contributed by atoms with van der Waals surface area (Å²) in [6.45, 7) is 0. The Morgan fingerprint density at radius 1 is 1.21 bits per heavy atom. The fraction of sp³-hybridized carbons (Fsp3) is 0.167. The van der Waals surface area contributed by atoms with Crippen molar-refractivity contribution in [2.75, 3.05) is 25.3 Å². The van der Waals surface area contributed by atoms with Gasteiger partial charge in [0.1, 0.15) is 17.8 Å². The Bertz CT molecular complexity index is 592. The molecule has 100 valence electrons. The van der Waals surface area contributed by atoms with E-state index in [1.54, 1.807) is 19.2 Å². The first kappa shape index (κ1) is 13.2. The van der Waals surface area contributed by atoms with Gasteiger partial charge in [-0.05, 0) is 6.07 Å². The van der Waals surface area contributed by atoms with Gasteiger partial charge in [-0.1, -0.05) is 11.6 Å². The fourth-order valence-electron chi connectivity index (χ4n) is 1.53. The van der Waals surface area contributed by atoms with Gasteiger partial charge in [-0.15, -0.1) is 0 Å². The van der Waals surface area contributed by atoms with E-state index in [2.05, 4.69) is 15.3 Å². The highest BCUT2D eigenvalue weighted by Crippen LogP contribution is 2.37. The number of hydrogen-bond donors (Lipinski definition) is 2. The topological polar surface area (TPSA) is 82.3 Å². The lowest BCUT2D eigenvalue weighted by molar-refractivity contribution is 0.396. The number of nitrogens with zero attached hydrogens (tertiary/aromatic N) is 2. The molecule has 7 heteroatoms. The minimum Gasteiger partial charge on any atom is -0.495 e. The monoisotopic (exact) mass is 280 g/mol. The molecule has 1 heterocycles. The molecule has 2 rings (SSSR count). The second-order valence-corrected chi connectivity index (χ2v) is 4.05. The van der Waals surface area contributed by atoms with Crippen molar-refractivity contribution in [3.05, 3.63) is 29.7 Å². The first-order valence-corrected chi connectivity index (χ1v) is 5.77. The van der Waals surface area contributed by atoms with E-state index in [4.69, 9.17) is 26.8 Å². The van der Waals surface area contributed by atoms with E-state index < -0.39 is 0 Å². The number of benzene rings is 1. The molecule has 0 radical (unpaired) electrons. The standard InChI is InChI=1S/C12H13ClN4O2/c1-18-10-4-11(19-2)9(3-7(10)13)17-12-8(14)5-15-6-16-12/h3-6H,14H2,1-2H3,(H,15,16,17). The maximum Gasteiger partial charge on any atom is 0.157 e. The largest absolute Gasteiger partial charge is 0.495 e. The SMILES string of the molecule is COc1cc(OC)c(Nc2ncncc2N)cc1Cl. The van der Waals surface area contributed by atoms with Crippen LogP contribution >= 0.6 is 11.6 Å². The molecule has 1 aromatic carbocycles. The maximum atomic E-state index is 6.08. The number of hydrogen-bond acceptors (Lipinski definition) is 6. The summed E-state index contributed by atoms with van der Waals surface area (Å²) >= 11 is 6.08. The smallest absolute Gasteiger partial charge is 0.157 e. The molecular weight excluding hydrogens is 268 g/mol. The van der Waals surface area contributed by atoms with Crippen LogP contribution in [0.4, 0.5) is 17.2 Å². The third-order valence-electron chi connectivity index (χ3n) is 2.47. The van der Waals surface area contributed by atoms with Gasteiger partial charge in [0, 0.05) is 6.07 Å². The summed E-state index contributed by atoms with van der Waals surface area (Å²) < 4.78 is 10.4. The molecule has 0 atom stereocenters. The Balaban J connectivity index is 2.40. The molecular formula is C12H13ClN4O2. The highest BCUT2D eigenvalue weighted by Gasteiger charge is 2.11. The van der Waals surface area contributed by atoms with Crippen LogP contribution in [0, 0.1) is 0 Å². The van der Waals surface area contributed by atoms with Crippen LogP contribution in [-0.4, -0.2) is 24.2 Å². The molecule has 1 aromatic heterocycles. The molecule has 0 amide bonds. The highest BCUT2D eigenvalue weighted by molar-refractivity contribution is 6.32. The number of nitrogens with two attached hydrogens (primary N) is 1. The first-order chi connectivity index (χ1) is 9.15. The average Bonchev–Trinajstić information content (AvgIpc) is 2.42. The predicted octanol–water partition coefficient (Wildman–Crippen LogP) is 2.47. The summed E-state index contributed by atoms with van der Waals surface area (Å²) in [5, 5.41) is 3.50. The molecule has 0 unspecified atom stereocenters. The lowest BCUT2D eigenvalue weighted by Crippen LogP contribution is -2.01. The first-order valence-electron chi connectivity index (χ1n) is 5.39. The fourth-order valence-corrected chi connectivity index (χ4v) is 1.77.